The first-order chi connectivity index (χ1) is 7.81. The minimum absolute atomic E-state index is 0.650. The molecule has 1 N–H and O–H groups in total. The monoisotopic (exact) mass is 219 g/mol. The van der Waals surface area contributed by atoms with Crippen LogP contribution in [0.4, 0.5) is 5.69 Å². The third-order valence-electron chi connectivity index (χ3n) is 3.56. The second-order valence-electron chi connectivity index (χ2n) is 4.66. The van der Waals surface area contributed by atoms with E-state index in [1.165, 1.54) is 31.4 Å². The van der Waals surface area contributed by atoms with Crippen molar-refractivity contribution < 1.29 is 4.74 Å². The van der Waals surface area contributed by atoms with E-state index in [0.717, 1.165) is 11.7 Å². The van der Waals surface area contributed by atoms with Crippen LogP contribution in [0.3, 0.4) is 0 Å². The zero-order valence-electron chi connectivity index (χ0n) is 10.2. The highest BCUT2D eigenvalue weighted by Gasteiger charge is 2.22. The maximum atomic E-state index is 5.22. The summed E-state index contributed by atoms with van der Waals surface area (Å²) in [5.41, 5.74) is 1.18. The Morgan fingerprint density at radius 2 is 2.25 bits per heavy atom. The van der Waals surface area contributed by atoms with Crippen LogP contribution in [0.2, 0.25) is 0 Å². The molecule has 0 aliphatic heterocycles. The van der Waals surface area contributed by atoms with Gasteiger partial charge in [0, 0.05) is 17.8 Å². The minimum atomic E-state index is 0.650. The molecule has 2 heteroatoms. The molecule has 0 bridgehead atoms. The molecule has 2 unspecified atom stereocenters. The van der Waals surface area contributed by atoms with E-state index >= 15 is 0 Å². The molecule has 1 fully saturated rings. The molecule has 0 spiro atoms. The van der Waals surface area contributed by atoms with E-state index in [1.54, 1.807) is 7.11 Å². The number of hydrogen-bond donors (Lipinski definition) is 1. The zero-order valence-corrected chi connectivity index (χ0v) is 10.2. The van der Waals surface area contributed by atoms with Crippen molar-refractivity contribution in [2.75, 3.05) is 12.4 Å². The second-order valence-corrected chi connectivity index (χ2v) is 4.66. The van der Waals surface area contributed by atoms with Gasteiger partial charge in [0.25, 0.3) is 0 Å². The Hall–Kier alpha value is -1.18. The second kappa shape index (κ2) is 5.24. The van der Waals surface area contributed by atoms with Crippen molar-refractivity contribution in [1.29, 1.82) is 0 Å². The number of anilines is 1. The van der Waals surface area contributed by atoms with E-state index in [9.17, 15) is 0 Å². The van der Waals surface area contributed by atoms with E-state index in [1.807, 2.05) is 12.1 Å². The van der Waals surface area contributed by atoms with Crippen LogP contribution >= 0.6 is 0 Å². The lowest BCUT2D eigenvalue weighted by Gasteiger charge is -2.15. The van der Waals surface area contributed by atoms with Gasteiger partial charge >= 0.3 is 0 Å². The van der Waals surface area contributed by atoms with Crippen LogP contribution in [-0.2, 0) is 0 Å². The summed E-state index contributed by atoms with van der Waals surface area (Å²) < 4.78 is 5.22. The van der Waals surface area contributed by atoms with Crippen LogP contribution in [0.5, 0.6) is 5.75 Å². The standard InChI is InChI=1S/C14H21NO/c1-3-11-7-8-13(9-11)15-12-5-4-6-14(10-12)16-2/h4-6,10-11,13,15H,3,7-9H2,1-2H3. The number of hydrogen-bond acceptors (Lipinski definition) is 2. The van der Waals surface area contributed by atoms with Gasteiger partial charge in [-0.3, -0.25) is 0 Å². The van der Waals surface area contributed by atoms with E-state index in [2.05, 4.69) is 24.4 Å². The van der Waals surface area contributed by atoms with Crippen LogP contribution in [0.15, 0.2) is 24.3 Å². The molecule has 1 aliphatic carbocycles. The van der Waals surface area contributed by atoms with Crippen molar-refractivity contribution in [2.24, 2.45) is 5.92 Å². The average Bonchev–Trinajstić information content (AvgIpc) is 2.77. The van der Waals surface area contributed by atoms with Gasteiger partial charge in [-0.25, -0.2) is 0 Å². The van der Waals surface area contributed by atoms with Crippen molar-refractivity contribution in [3.63, 3.8) is 0 Å². The van der Waals surface area contributed by atoms with Gasteiger partial charge in [-0.2, -0.15) is 0 Å². The van der Waals surface area contributed by atoms with Crippen LogP contribution in [0.25, 0.3) is 0 Å². The summed E-state index contributed by atoms with van der Waals surface area (Å²) in [7, 11) is 1.71. The summed E-state index contributed by atoms with van der Waals surface area (Å²) in [5, 5.41) is 3.60. The Balaban J connectivity index is 1.94. The lowest BCUT2D eigenvalue weighted by molar-refractivity contribution is 0.415. The fourth-order valence-electron chi connectivity index (χ4n) is 2.53. The summed E-state index contributed by atoms with van der Waals surface area (Å²) in [5.74, 6) is 1.85. The highest BCUT2D eigenvalue weighted by molar-refractivity contribution is 5.48. The molecular formula is C14H21NO. The van der Waals surface area contributed by atoms with Crippen molar-refractivity contribution in [3.8, 4) is 5.75 Å². The first-order valence-corrected chi connectivity index (χ1v) is 6.22. The molecule has 1 aromatic rings. The molecule has 0 aromatic heterocycles. The lowest BCUT2D eigenvalue weighted by atomic mass is 10.1. The number of rotatable bonds is 4. The van der Waals surface area contributed by atoms with Gasteiger partial charge < -0.3 is 10.1 Å². The van der Waals surface area contributed by atoms with E-state index in [-0.39, 0.29) is 0 Å². The summed E-state index contributed by atoms with van der Waals surface area (Å²) in [4.78, 5) is 0. The van der Waals surface area contributed by atoms with Crippen molar-refractivity contribution >= 4 is 5.69 Å². The summed E-state index contributed by atoms with van der Waals surface area (Å²) in [6.07, 6.45) is 5.30. The highest BCUT2D eigenvalue weighted by Crippen LogP contribution is 2.30. The molecule has 88 valence electrons. The summed E-state index contributed by atoms with van der Waals surface area (Å²) in [6.45, 7) is 2.29. The van der Waals surface area contributed by atoms with Crippen molar-refractivity contribution in [2.45, 2.75) is 38.6 Å². The molecule has 2 rings (SSSR count). The lowest BCUT2D eigenvalue weighted by Crippen LogP contribution is -2.15. The van der Waals surface area contributed by atoms with E-state index < -0.39 is 0 Å². The van der Waals surface area contributed by atoms with Crippen LogP contribution in [0.1, 0.15) is 32.6 Å². The first kappa shape index (κ1) is 11.3. The minimum Gasteiger partial charge on any atom is -0.497 e. The van der Waals surface area contributed by atoms with Crippen molar-refractivity contribution in [3.05, 3.63) is 24.3 Å². The Kier molecular flexibility index (Phi) is 3.70. The summed E-state index contributed by atoms with van der Waals surface area (Å²) >= 11 is 0. The largest absolute Gasteiger partial charge is 0.497 e. The van der Waals surface area contributed by atoms with Crippen LogP contribution < -0.4 is 10.1 Å². The molecule has 0 heterocycles. The Morgan fingerprint density at radius 3 is 2.94 bits per heavy atom. The normalized spacial score (nSPS) is 24.4. The average molecular weight is 219 g/mol. The van der Waals surface area contributed by atoms with Crippen LogP contribution in [-0.4, -0.2) is 13.2 Å². The molecular weight excluding hydrogens is 198 g/mol. The van der Waals surface area contributed by atoms with Gasteiger partial charge in [-0.15, -0.1) is 0 Å². The van der Waals surface area contributed by atoms with Gasteiger partial charge in [-0.1, -0.05) is 19.4 Å². The molecule has 2 atom stereocenters. The molecule has 1 saturated carbocycles. The Morgan fingerprint density at radius 1 is 1.38 bits per heavy atom. The Labute approximate surface area is 98.0 Å². The molecule has 2 nitrogen and oxygen atoms in total. The number of ether oxygens (including phenoxy) is 1. The number of nitrogens with one attached hydrogen (secondary N) is 1. The van der Waals surface area contributed by atoms with Gasteiger partial charge in [0.1, 0.15) is 5.75 Å². The number of benzene rings is 1. The molecule has 0 amide bonds. The van der Waals surface area contributed by atoms with Gasteiger partial charge in [0.2, 0.25) is 0 Å². The molecule has 1 aromatic carbocycles. The SMILES string of the molecule is CCC1CCC(Nc2cccc(OC)c2)C1. The molecule has 0 saturated heterocycles. The number of methoxy groups -OCH3 is 1. The fourth-order valence-corrected chi connectivity index (χ4v) is 2.53. The van der Waals surface area contributed by atoms with Crippen LogP contribution in [0, 0.1) is 5.92 Å². The third-order valence-corrected chi connectivity index (χ3v) is 3.56. The quantitative estimate of drug-likeness (QED) is 0.834. The highest BCUT2D eigenvalue weighted by atomic mass is 16.5. The smallest absolute Gasteiger partial charge is 0.120 e. The van der Waals surface area contributed by atoms with Gasteiger partial charge in [0.15, 0.2) is 0 Å². The first-order valence-electron chi connectivity index (χ1n) is 6.22. The maximum Gasteiger partial charge on any atom is 0.120 e. The fraction of sp³-hybridized carbons (Fsp3) is 0.571. The molecule has 16 heavy (non-hydrogen) atoms. The topological polar surface area (TPSA) is 21.3 Å². The third kappa shape index (κ3) is 2.69. The zero-order chi connectivity index (χ0) is 11.4. The van der Waals surface area contributed by atoms with Crippen molar-refractivity contribution in [1.82, 2.24) is 0 Å². The van der Waals surface area contributed by atoms with E-state index in [0.29, 0.717) is 6.04 Å². The predicted molar refractivity (Wildman–Crippen MR) is 68.0 cm³/mol. The maximum absolute atomic E-state index is 5.22. The van der Waals surface area contributed by atoms with Gasteiger partial charge in [0.05, 0.1) is 7.11 Å². The molecule has 0 radical (unpaired) electrons. The molecule has 1 aliphatic rings. The van der Waals surface area contributed by atoms with Gasteiger partial charge in [-0.05, 0) is 37.3 Å². The predicted octanol–water partition coefficient (Wildman–Crippen LogP) is 3.69. The summed E-state index contributed by atoms with van der Waals surface area (Å²) in [6, 6.07) is 8.85. The Bertz CT molecular complexity index is 337. The van der Waals surface area contributed by atoms with E-state index in [4.69, 9.17) is 4.74 Å².